The van der Waals surface area contributed by atoms with Crippen LogP contribution >= 0.6 is 0 Å². The van der Waals surface area contributed by atoms with Gasteiger partial charge in [-0.25, -0.2) is 0 Å². The lowest BCUT2D eigenvalue weighted by molar-refractivity contribution is 0.679. The maximum Gasteiger partial charge on any atom is 0.0251 e. The summed E-state index contributed by atoms with van der Waals surface area (Å²) in [4.78, 5) is 0. The smallest absolute Gasteiger partial charge is 0.0251 e. The molecule has 0 saturated carbocycles. The van der Waals surface area contributed by atoms with Crippen LogP contribution in [0.25, 0.3) is 43.1 Å². The van der Waals surface area contributed by atoms with Gasteiger partial charge in [0, 0.05) is 12.0 Å². The van der Waals surface area contributed by atoms with E-state index in [1.165, 1.54) is 68.8 Å². The normalized spacial score (nSPS) is 11.2. The van der Waals surface area contributed by atoms with E-state index in [9.17, 15) is 0 Å². The van der Waals surface area contributed by atoms with E-state index < -0.39 is 0 Å². The minimum absolute atomic E-state index is 0.996. The van der Waals surface area contributed by atoms with Crippen LogP contribution in [0, 0.1) is 11.8 Å². The first-order valence-electron chi connectivity index (χ1n) is 11.1. The molecular weight excluding hydrogens is 360 g/mol. The van der Waals surface area contributed by atoms with E-state index in [2.05, 4.69) is 97.6 Å². The van der Waals surface area contributed by atoms with Gasteiger partial charge in [0.15, 0.2) is 0 Å². The number of benzene rings is 5. The standard InChI is InChI=1S/C30H26/c1-2-3-4-5-6-7-10-22-13-14-25-18-29-20-27-16-23-11-8-9-12-24(23)17-28(27)21-30(29)19-26(25)15-22/h8-9,11-21H,2-6H2,1H3. The molecule has 0 aliphatic carbocycles. The molecule has 5 aromatic carbocycles. The molecule has 0 aliphatic heterocycles. The fourth-order valence-corrected chi connectivity index (χ4v) is 4.33. The Balaban J connectivity index is 1.52. The van der Waals surface area contributed by atoms with Crippen LogP contribution in [0.1, 0.15) is 44.6 Å². The molecule has 0 nitrogen and oxygen atoms in total. The van der Waals surface area contributed by atoms with Gasteiger partial charge in [0.05, 0.1) is 0 Å². The maximum absolute atomic E-state index is 3.36. The van der Waals surface area contributed by atoms with Gasteiger partial charge in [-0.2, -0.15) is 0 Å². The van der Waals surface area contributed by atoms with Crippen molar-refractivity contribution >= 4 is 43.1 Å². The van der Waals surface area contributed by atoms with Crippen molar-refractivity contribution in [1.29, 1.82) is 0 Å². The number of hydrogen-bond acceptors (Lipinski definition) is 0. The molecule has 5 rings (SSSR count). The zero-order chi connectivity index (χ0) is 20.3. The quantitative estimate of drug-likeness (QED) is 0.165. The summed E-state index contributed by atoms with van der Waals surface area (Å²) in [5, 5.41) is 10.3. The second-order valence-corrected chi connectivity index (χ2v) is 8.27. The molecule has 0 bridgehead atoms. The fourth-order valence-electron chi connectivity index (χ4n) is 4.33. The Morgan fingerprint density at radius 2 is 1.07 bits per heavy atom. The third kappa shape index (κ3) is 3.77. The maximum atomic E-state index is 3.36. The van der Waals surface area contributed by atoms with Crippen molar-refractivity contribution in [1.82, 2.24) is 0 Å². The summed E-state index contributed by atoms with van der Waals surface area (Å²) in [5.41, 5.74) is 1.11. The third-order valence-corrected chi connectivity index (χ3v) is 6.00. The SMILES string of the molecule is CCCCCCC#Cc1ccc2cc3cc4cc5ccccc5cc4cc3cc2c1. The molecule has 30 heavy (non-hydrogen) atoms. The lowest BCUT2D eigenvalue weighted by Gasteiger charge is -2.07. The summed E-state index contributed by atoms with van der Waals surface area (Å²) < 4.78 is 0. The molecule has 0 atom stereocenters. The van der Waals surface area contributed by atoms with Gasteiger partial charge >= 0.3 is 0 Å². The minimum atomic E-state index is 0.996. The number of rotatable bonds is 4. The highest BCUT2D eigenvalue weighted by Crippen LogP contribution is 2.30. The molecule has 0 heteroatoms. The van der Waals surface area contributed by atoms with Crippen molar-refractivity contribution in [2.75, 3.05) is 0 Å². The molecular formula is C30H26. The molecule has 146 valence electrons. The third-order valence-electron chi connectivity index (χ3n) is 6.00. The van der Waals surface area contributed by atoms with Crippen LogP contribution in [-0.2, 0) is 0 Å². The summed E-state index contributed by atoms with van der Waals surface area (Å²) in [5.74, 6) is 6.72. The molecule has 0 aromatic heterocycles. The minimum Gasteiger partial charge on any atom is -0.0979 e. The van der Waals surface area contributed by atoms with Crippen LogP contribution in [-0.4, -0.2) is 0 Å². The molecule has 0 fully saturated rings. The van der Waals surface area contributed by atoms with Crippen molar-refractivity contribution in [3.05, 3.63) is 84.4 Å². The van der Waals surface area contributed by atoms with Crippen LogP contribution in [0.2, 0.25) is 0 Å². The Morgan fingerprint density at radius 1 is 0.533 bits per heavy atom. The van der Waals surface area contributed by atoms with E-state index in [-0.39, 0.29) is 0 Å². The van der Waals surface area contributed by atoms with Gasteiger partial charge in [0.25, 0.3) is 0 Å². The van der Waals surface area contributed by atoms with Gasteiger partial charge < -0.3 is 0 Å². The second-order valence-electron chi connectivity index (χ2n) is 8.27. The molecule has 0 N–H and O–H groups in total. The van der Waals surface area contributed by atoms with E-state index in [0.29, 0.717) is 0 Å². The monoisotopic (exact) mass is 386 g/mol. The first-order chi connectivity index (χ1) is 14.8. The lowest BCUT2D eigenvalue weighted by atomic mass is 9.97. The fraction of sp³-hybridized carbons (Fsp3) is 0.200. The highest BCUT2D eigenvalue weighted by molar-refractivity contribution is 6.08. The summed E-state index contributed by atoms with van der Waals surface area (Å²) in [6.07, 6.45) is 6.08. The zero-order valence-electron chi connectivity index (χ0n) is 17.5. The highest BCUT2D eigenvalue weighted by Gasteiger charge is 2.04. The number of fused-ring (bicyclic) bond motifs is 4. The average molecular weight is 387 g/mol. The molecule has 0 spiro atoms. The van der Waals surface area contributed by atoms with Crippen molar-refractivity contribution in [2.24, 2.45) is 0 Å². The van der Waals surface area contributed by atoms with Gasteiger partial charge in [-0.1, -0.05) is 68.4 Å². The van der Waals surface area contributed by atoms with Crippen molar-refractivity contribution in [3.63, 3.8) is 0 Å². The highest BCUT2D eigenvalue weighted by atomic mass is 14.1. The van der Waals surface area contributed by atoms with E-state index in [4.69, 9.17) is 0 Å². The summed E-state index contributed by atoms with van der Waals surface area (Å²) in [6, 6.07) is 29.0. The predicted octanol–water partition coefficient (Wildman–Crippen LogP) is 8.62. The molecule has 5 aromatic rings. The van der Waals surface area contributed by atoms with Crippen LogP contribution in [0.4, 0.5) is 0 Å². The molecule has 0 aliphatic rings. The Hall–Kier alpha value is -3.30. The van der Waals surface area contributed by atoms with Crippen molar-refractivity contribution < 1.29 is 0 Å². The molecule has 0 amide bonds. The lowest BCUT2D eigenvalue weighted by Crippen LogP contribution is -1.82. The van der Waals surface area contributed by atoms with E-state index in [1.807, 2.05) is 0 Å². The molecule has 0 heterocycles. The van der Waals surface area contributed by atoms with E-state index >= 15 is 0 Å². The largest absolute Gasteiger partial charge is 0.0979 e. The summed E-state index contributed by atoms with van der Waals surface area (Å²) >= 11 is 0. The van der Waals surface area contributed by atoms with Gasteiger partial charge in [-0.05, 0) is 98.0 Å². The van der Waals surface area contributed by atoms with Crippen LogP contribution in [0.3, 0.4) is 0 Å². The summed E-state index contributed by atoms with van der Waals surface area (Å²) in [7, 11) is 0. The Labute approximate surface area is 178 Å². The van der Waals surface area contributed by atoms with Gasteiger partial charge in [0.2, 0.25) is 0 Å². The molecule has 0 radical (unpaired) electrons. The van der Waals surface area contributed by atoms with Crippen LogP contribution in [0.15, 0.2) is 78.9 Å². The summed E-state index contributed by atoms with van der Waals surface area (Å²) in [6.45, 7) is 2.25. The van der Waals surface area contributed by atoms with E-state index in [0.717, 1.165) is 12.0 Å². The van der Waals surface area contributed by atoms with E-state index in [1.54, 1.807) is 0 Å². The van der Waals surface area contributed by atoms with Crippen molar-refractivity contribution in [3.8, 4) is 11.8 Å². The zero-order valence-corrected chi connectivity index (χ0v) is 17.5. The molecule has 0 unspecified atom stereocenters. The predicted molar refractivity (Wildman–Crippen MR) is 132 cm³/mol. The molecule has 0 saturated heterocycles. The van der Waals surface area contributed by atoms with Gasteiger partial charge in [-0.15, -0.1) is 0 Å². The number of unbranched alkanes of at least 4 members (excludes halogenated alkanes) is 4. The van der Waals surface area contributed by atoms with Gasteiger partial charge in [-0.3, -0.25) is 0 Å². The van der Waals surface area contributed by atoms with Gasteiger partial charge in [0.1, 0.15) is 0 Å². The Bertz CT molecular complexity index is 1430. The Kier molecular flexibility index (Phi) is 5.12. The van der Waals surface area contributed by atoms with Crippen molar-refractivity contribution in [2.45, 2.75) is 39.0 Å². The average Bonchev–Trinajstić information content (AvgIpc) is 2.77. The number of hydrogen-bond donors (Lipinski definition) is 0. The second kappa shape index (κ2) is 8.21. The Morgan fingerprint density at radius 3 is 1.67 bits per heavy atom. The van der Waals surface area contributed by atoms with Crippen LogP contribution < -0.4 is 0 Å². The first kappa shape index (κ1) is 18.7. The van der Waals surface area contributed by atoms with Crippen LogP contribution in [0.5, 0.6) is 0 Å². The first-order valence-corrected chi connectivity index (χ1v) is 11.1. The topological polar surface area (TPSA) is 0 Å².